The van der Waals surface area contributed by atoms with E-state index in [-0.39, 0.29) is 25.5 Å². The van der Waals surface area contributed by atoms with Crippen LogP contribution in [0.3, 0.4) is 0 Å². The van der Waals surface area contributed by atoms with Crippen molar-refractivity contribution in [1.29, 1.82) is 0 Å². The molecule has 174 valence electrons. The first-order chi connectivity index (χ1) is 15.5. The monoisotopic (exact) mass is 443 g/mol. The van der Waals surface area contributed by atoms with E-state index in [2.05, 4.69) is 10.6 Å². The molecule has 0 aliphatic rings. The summed E-state index contributed by atoms with van der Waals surface area (Å²) in [6.45, 7) is 5.21. The fourth-order valence-corrected chi connectivity index (χ4v) is 3.09. The average Bonchev–Trinajstić information content (AvgIpc) is 2.81. The number of nitrogens with one attached hydrogen (secondary N) is 2. The van der Waals surface area contributed by atoms with E-state index >= 15 is 0 Å². The average molecular weight is 444 g/mol. The van der Waals surface area contributed by atoms with Crippen molar-refractivity contribution >= 4 is 23.3 Å². The summed E-state index contributed by atoms with van der Waals surface area (Å²) >= 11 is 0. The van der Waals surface area contributed by atoms with Gasteiger partial charge in [-0.15, -0.1) is 0 Å². The van der Waals surface area contributed by atoms with E-state index in [9.17, 15) is 9.59 Å². The molecule has 0 bridgehead atoms. The number of urea groups is 1. The van der Waals surface area contributed by atoms with Crippen LogP contribution in [-0.4, -0.2) is 44.5 Å². The molecular formula is C23H33N5O4. The van der Waals surface area contributed by atoms with Gasteiger partial charge in [-0.2, -0.15) is 0 Å². The van der Waals surface area contributed by atoms with Crippen LogP contribution in [-0.2, 0) is 27.4 Å². The van der Waals surface area contributed by atoms with Crippen molar-refractivity contribution in [2.75, 3.05) is 36.5 Å². The van der Waals surface area contributed by atoms with Crippen LogP contribution in [0, 0.1) is 0 Å². The lowest BCUT2D eigenvalue weighted by atomic mass is 10.1. The summed E-state index contributed by atoms with van der Waals surface area (Å²) in [6.07, 6.45) is -0.614. The van der Waals surface area contributed by atoms with Gasteiger partial charge in [0.05, 0.1) is 18.8 Å². The van der Waals surface area contributed by atoms with Gasteiger partial charge in [0.2, 0.25) is 5.91 Å². The summed E-state index contributed by atoms with van der Waals surface area (Å²) in [4.78, 5) is 26.9. The molecule has 6 N–H and O–H groups in total. The highest BCUT2D eigenvalue weighted by Gasteiger charge is 2.23. The molecule has 0 saturated carbocycles. The Kier molecular flexibility index (Phi) is 10.6. The number of nitrogens with zero attached hydrogens (tertiary/aromatic N) is 1. The van der Waals surface area contributed by atoms with Crippen LogP contribution in [0.25, 0.3) is 0 Å². The minimum atomic E-state index is -0.614. The SMILES string of the molecule is CCOC(CN(C(=O)NCC(=O)Nc1ccc(CN)cc1)c1ccccc1CN)OCC. The molecule has 0 unspecified atom stereocenters. The molecule has 2 aromatic carbocycles. The molecule has 2 aromatic rings. The number of ether oxygens (including phenoxy) is 2. The molecular weight excluding hydrogens is 410 g/mol. The number of anilines is 2. The Hall–Kier alpha value is -2.98. The van der Waals surface area contributed by atoms with Crippen molar-refractivity contribution in [2.45, 2.75) is 33.2 Å². The second-order valence-electron chi connectivity index (χ2n) is 6.89. The highest BCUT2D eigenvalue weighted by Crippen LogP contribution is 2.21. The van der Waals surface area contributed by atoms with Crippen molar-refractivity contribution < 1.29 is 19.1 Å². The van der Waals surface area contributed by atoms with E-state index in [4.69, 9.17) is 20.9 Å². The quantitative estimate of drug-likeness (QED) is 0.372. The molecule has 32 heavy (non-hydrogen) atoms. The summed E-state index contributed by atoms with van der Waals surface area (Å²) in [6, 6.07) is 14.1. The van der Waals surface area contributed by atoms with Gasteiger partial charge in [-0.1, -0.05) is 30.3 Å². The maximum atomic E-state index is 13.1. The highest BCUT2D eigenvalue weighted by atomic mass is 16.7. The maximum absolute atomic E-state index is 13.1. The van der Waals surface area contributed by atoms with Crippen LogP contribution in [0.2, 0.25) is 0 Å². The second-order valence-corrected chi connectivity index (χ2v) is 6.89. The fraction of sp³-hybridized carbons (Fsp3) is 0.391. The molecule has 0 heterocycles. The number of carbonyl (C=O) groups excluding carboxylic acids is 2. The van der Waals surface area contributed by atoms with Gasteiger partial charge in [-0.3, -0.25) is 9.69 Å². The van der Waals surface area contributed by atoms with Gasteiger partial charge in [0.15, 0.2) is 6.29 Å². The molecule has 0 spiro atoms. The zero-order valence-electron chi connectivity index (χ0n) is 18.7. The Morgan fingerprint density at radius 1 is 0.969 bits per heavy atom. The predicted octanol–water partition coefficient (Wildman–Crippen LogP) is 2.16. The lowest BCUT2D eigenvalue weighted by Crippen LogP contribution is -2.47. The van der Waals surface area contributed by atoms with Crippen LogP contribution < -0.4 is 27.0 Å². The zero-order valence-corrected chi connectivity index (χ0v) is 18.7. The van der Waals surface area contributed by atoms with Crippen LogP contribution in [0.5, 0.6) is 0 Å². The topological polar surface area (TPSA) is 132 Å². The normalized spacial score (nSPS) is 10.8. The number of rotatable bonds is 12. The predicted molar refractivity (Wildman–Crippen MR) is 125 cm³/mol. The Morgan fingerprint density at radius 2 is 1.62 bits per heavy atom. The number of hydrogen-bond acceptors (Lipinski definition) is 6. The highest BCUT2D eigenvalue weighted by molar-refractivity contribution is 5.98. The Bertz CT molecular complexity index is 854. The van der Waals surface area contributed by atoms with Gasteiger partial charge in [0.1, 0.15) is 0 Å². The molecule has 9 heteroatoms. The minimum absolute atomic E-state index is 0.146. The van der Waals surface area contributed by atoms with Crippen molar-refractivity contribution in [3.63, 3.8) is 0 Å². The van der Waals surface area contributed by atoms with Crippen LogP contribution >= 0.6 is 0 Å². The van der Waals surface area contributed by atoms with Crippen molar-refractivity contribution in [1.82, 2.24) is 5.32 Å². The molecule has 3 amide bonds. The first kappa shape index (κ1) is 25.3. The van der Waals surface area contributed by atoms with E-state index in [1.54, 1.807) is 18.2 Å². The number of para-hydroxylation sites is 1. The standard InChI is InChI=1S/C23H33N5O4/c1-3-31-22(32-4-2)16-28(20-8-6-5-7-18(20)14-25)23(30)26-15-21(29)27-19-11-9-17(13-24)10-12-19/h5-12,22H,3-4,13-16,24-25H2,1-2H3,(H,26,30)(H,27,29). The van der Waals surface area contributed by atoms with E-state index in [1.807, 2.05) is 44.2 Å². The van der Waals surface area contributed by atoms with Crippen molar-refractivity contribution in [3.8, 4) is 0 Å². The first-order valence-corrected chi connectivity index (χ1v) is 10.7. The summed E-state index contributed by atoms with van der Waals surface area (Å²) in [5.41, 5.74) is 14.5. The molecule has 0 fully saturated rings. The Labute approximate surface area is 189 Å². The van der Waals surface area contributed by atoms with E-state index in [1.165, 1.54) is 4.90 Å². The van der Waals surface area contributed by atoms with Crippen LogP contribution in [0.1, 0.15) is 25.0 Å². The smallest absolute Gasteiger partial charge is 0.322 e. The maximum Gasteiger partial charge on any atom is 0.322 e. The van der Waals surface area contributed by atoms with Crippen molar-refractivity contribution in [2.24, 2.45) is 11.5 Å². The molecule has 0 aliphatic carbocycles. The number of nitrogens with two attached hydrogens (primary N) is 2. The molecule has 2 rings (SSSR count). The largest absolute Gasteiger partial charge is 0.351 e. The number of carbonyl (C=O) groups is 2. The van der Waals surface area contributed by atoms with E-state index in [0.717, 1.165) is 11.1 Å². The number of amides is 3. The number of benzene rings is 2. The zero-order chi connectivity index (χ0) is 23.3. The first-order valence-electron chi connectivity index (χ1n) is 10.7. The van der Waals surface area contributed by atoms with Crippen molar-refractivity contribution in [3.05, 3.63) is 59.7 Å². The Morgan fingerprint density at radius 3 is 2.22 bits per heavy atom. The van der Waals surface area contributed by atoms with Gasteiger partial charge in [0, 0.05) is 32.0 Å². The molecule has 0 radical (unpaired) electrons. The fourth-order valence-electron chi connectivity index (χ4n) is 3.09. The van der Waals surface area contributed by atoms with E-state index in [0.29, 0.717) is 31.1 Å². The molecule has 9 nitrogen and oxygen atoms in total. The molecule has 0 saturated heterocycles. The third-order valence-corrected chi connectivity index (χ3v) is 4.66. The van der Waals surface area contributed by atoms with Crippen LogP contribution in [0.4, 0.5) is 16.2 Å². The van der Waals surface area contributed by atoms with Crippen LogP contribution in [0.15, 0.2) is 48.5 Å². The summed E-state index contributed by atoms with van der Waals surface area (Å²) in [5, 5.41) is 5.42. The third-order valence-electron chi connectivity index (χ3n) is 4.66. The summed E-state index contributed by atoms with van der Waals surface area (Å²) in [5.74, 6) is -0.350. The molecule has 0 atom stereocenters. The van der Waals surface area contributed by atoms with Gasteiger partial charge in [0.25, 0.3) is 0 Å². The van der Waals surface area contributed by atoms with Gasteiger partial charge < -0.3 is 31.6 Å². The number of hydrogen-bond donors (Lipinski definition) is 4. The Balaban J connectivity index is 2.09. The summed E-state index contributed by atoms with van der Waals surface area (Å²) < 4.78 is 11.2. The molecule has 0 aliphatic heterocycles. The van der Waals surface area contributed by atoms with Gasteiger partial charge in [-0.05, 0) is 43.2 Å². The lowest BCUT2D eigenvalue weighted by molar-refractivity contribution is -0.128. The third kappa shape index (κ3) is 7.61. The van der Waals surface area contributed by atoms with Gasteiger partial charge in [-0.25, -0.2) is 4.79 Å². The molecule has 0 aromatic heterocycles. The lowest BCUT2D eigenvalue weighted by Gasteiger charge is -2.29. The second kappa shape index (κ2) is 13.4. The minimum Gasteiger partial charge on any atom is -0.351 e. The van der Waals surface area contributed by atoms with E-state index < -0.39 is 12.3 Å². The summed E-state index contributed by atoms with van der Waals surface area (Å²) in [7, 11) is 0. The van der Waals surface area contributed by atoms with Gasteiger partial charge >= 0.3 is 6.03 Å².